The second-order valence-electron chi connectivity index (χ2n) is 7.09. The average Bonchev–Trinajstić information content (AvgIpc) is 3.08. The van der Waals surface area contributed by atoms with Gasteiger partial charge in [0.1, 0.15) is 16.4 Å². The Hall–Kier alpha value is -3.55. The molecule has 3 rings (SSSR count). The molecule has 138 valence electrons. The minimum atomic E-state index is -0.491. The van der Waals surface area contributed by atoms with Crippen LogP contribution in [0, 0.1) is 4.91 Å². The monoisotopic (exact) mass is 365 g/mol. The molecular formula is C19H19N5O3. The molecule has 3 N–H and O–H groups in total. The smallest absolute Gasteiger partial charge is 0.272 e. The summed E-state index contributed by atoms with van der Waals surface area (Å²) in [6.45, 7) is 6.05. The molecule has 8 nitrogen and oxygen atoms in total. The van der Waals surface area contributed by atoms with E-state index in [0.29, 0.717) is 11.3 Å². The number of nitroso groups, excluding NO2 is 1. The molecule has 0 aliphatic carbocycles. The third-order valence-corrected chi connectivity index (χ3v) is 4.02. The molecule has 0 aliphatic heterocycles. The second kappa shape index (κ2) is 6.99. The van der Waals surface area contributed by atoms with Crippen LogP contribution in [0.5, 0.6) is 0 Å². The maximum absolute atomic E-state index is 12.4. The van der Waals surface area contributed by atoms with Gasteiger partial charge in [-0.05, 0) is 23.4 Å². The highest BCUT2D eigenvalue weighted by molar-refractivity contribution is 5.62. The third-order valence-electron chi connectivity index (χ3n) is 4.02. The Balaban J connectivity index is 2.16. The number of benzene rings is 1. The van der Waals surface area contributed by atoms with Crippen LogP contribution in [-0.4, -0.2) is 19.9 Å². The van der Waals surface area contributed by atoms with Crippen molar-refractivity contribution in [3.8, 4) is 0 Å². The van der Waals surface area contributed by atoms with Crippen molar-refractivity contribution in [2.75, 3.05) is 0 Å². The Labute approximate surface area is 153 Å². The van der Waals surface area contributed by atoms with Crippen LogP contribution in [-0.2, 0) is 5.41 Å². The first-order chi connectivity index (χ1) is 12.8. The van der Waals surface area contributed by atoms with Gasteiger partial charge in [0.15, 0.2) is 0 Å². The minimum absolute atomic E-state index is 0.0336. The molecule has 0 fully saturated rings. The highest BCUT2D eigenvalue weighted by Crippen LogP contribution is 2.22. The van der Waals surface area contributed by atoms with E-state index in [1.54, 1.807) is 24.5 Å². The van der Waals surface area contributed by atoms with E-state index in [2.05, 4.69) is 25.1 Å². The maximum atomic E-state index is 12.4. The lowest BCUT2D eigenvalue weighted by atomic mass is 9.90. The van der Waals surface area contributed by atoms with E-state index in [-0.39, 0.29) is 21.8 Å². The molecule has 3 aromatic rings. The molecule has 0 radical (unpaired) electrons. The summed E-state index contributed by atoms with van der Waals surface area (Å²) in [7, 11) is 0. The van der Waals surface area contributed by atoms with Gasteiger partial charge in [-0.1, -0.05) is 39.0 Å². The summed E-state index contributed by atoms with van der Waals surface area (Å²) in [4.78, 5) is 48.1. The number of H-pyrrole nitrogens is 3. The Morgan fingerprint density at radius 1 is 1.00 bits per heavy atom. The third kappa shape index (κ3) is 3.84. The van der Waals surface area contributed by atoms with Crippen LogP contribution in [0.1, 0.15) is 37.7 Å². The fourth-order valence-corrected chi connectivity index (χ4v) is 2.70. The summed E-state index contributed by atoms with van der Waals surface area (Å²) in [5.74, 6) is 0. The predicted octanol–water partition coefficient (Wildman–Crippen LogP) is 1.14. The summed E-state index contributed by atoms with van der Waals surface area (Å²) in [5, 5.41) is 3.04. The number of nitrogens with one attached hydrogen (secondary N) is 3. The second-order valence-corrected chi connectivity index (χ2v) is 7.09. The van der Waals surface area contributed by atoms with Crippen LogP contribution in [0.25, 0.3) is 12.2 Å². The molecule has 0 aliphatic rings. The van der Waals surface area contributed by atoms with Crippen LogP contribution < -0.4 is 21.8 Å². The number of aromatic nitrogens is 4. The molecule has 0 atom stereocenters. The van der Waals surface area contributed by atoms with Crippen molar-refractivity contribution in [1.29, 1.82) is 0 Å². The van der Waals surface area contributed by atoms with E-state index < -0.39 is 11.1 Å². The van der Waals surface area contributed by atoms with Crippen molar-refractivity contribution in [3.05, 3.63) is 83.9 Å². The molecule has 0 bridgehead atoms. The van der Waals surface area contributed by atoms with Gasteiger partial charge in [0.25, 0.3) is 11.1 Å². The molecule has 0 saturated carbocycles. The summed E-state index contributed by atoms with van der Waals surface area (Å²) in [6, 6.07) is 6.53. The Kier molecular flexibility index (Phi) is 4.72. The van der Waals surface area contributed by atoms with Gasteiger partial charge in [-0.25, -0.2) is 4.98 Å². The Morgan fingerprint density at radius 3 is 2.26 bits per heavy atom. The molecule has 0 amide bonds. The quantitative estimate of drug-likeness (QED) is 0.602. The van der Waals surface area contributed by atoms with Crippen molar-refractivity contribution in [3.63, 3.8) is 0 Å². The standard InChI is InChI=1S/C19H19N5O3/c1-19(2,3)16-13(20-10-21-16)9-15-18(26)22-14(17(25)23-15)8-11-6-4-5-7-12(11)24-27/h4-10H,1-3H3,(H,20,21)(H,22,26)(H,23,25)/b14-8-,15-9-. The zero-order valence-electron chi connectivity index (χ0n) is 15.2. The van der Waals surface area contributed by atoms with Crippen LogP contribution in [0.15, 0.2) is 45.4 Å². The number of hydrogen-bond donors (Lipinski definition) is 3. The molecule has 0 saturated heterocycles. The van der Waals surface area contributed by atoms with Crippen LogP contribution in [0.3, 0.4) is 0 Å². The molecule has 8 heteroatoms. The molecule has 27 heavy (non-hydrogen) atoms. The zero-order valence-corrected chi connectivity index (χ0v) is 15.2. The minimum Gasteiger partial charge on any atom is -0.348 e. The summed E-state index contributed by atoms with van der Waals surface area (Å²) >= 11 is 0. The fraction of sp³-hybridized carbons (Fsp3) is 0.211. The van der Waals surface area contributed by atoms with Gasteiger partial charge in [0, 0.05) is 16.7 Å². The van der Waals surface area contributed by atoms with E-state index in [0.717, 1.165) is 5.69 Å². The number of rotatable bonds is 3. The molecular weight excluding hydrogens is 346 g/mol. The van der Waals surface area contributed by atoms with E-state index in [4.69, 9.17) is 0 Å². The molecule has 0 unspecified atom stereocenters. The highest BCUT2D eigenvalue weighted by Gasteiger charge is 2.19. The van der Waals surface area contributed by atoms with Crippen LogP contribution >= 0.6 is 0 Å². The molecule has 2 aromatic heterocycles. The Bertz CT molecular complexity index is 1230. The Morgan fingerprint density at radius 2 is 1.63 bits per heavy atom. The van der Waals surface area contributed by atoms with Gasteiger partial charge < -0.3 is 15.0 Å². The van der Waals surface area contributed by atoms with Gasteiger partial charge >= 0.3 is 0 Å². The van der Waals surface area contributed by atoms with Crippen molar-refractivity contribution in [2.45, 2.75) is 26.2 Å². The van der Waals surface area contributed by atoms with Crippen molar-refractivity contribution in [2.24, 2.45) is 5.18 Å². The van der Waals surface area contributed by atoms with E-state index in [1.807, 2.05) is 20.8 Å². The van der Waals surface area contributed by atoms with Crippen molar-refractivity contribution >= 4 is 17.8 Å². The summed E-state index contributed by atoms with van der Waals surface area (Å²) < 4.78 is 0. The summed E-state index contributed by atoms with van der Waals surface area (Å²) in [6.07, 6.45) is 4.49. The van der Waals surface area contributed by atoms with E-state index >= 15 is 0 Å². The van der Waals surface area contributed by atoms with Crippen LogP contribution in [0.2, 0.25) is 0 Å². The SMILES string of the molecule is CC(C)(C)c1[nH]cnc1/C=c1\[nH]c(=O)/c(=C/c2ccccc2N=O)[nH]c1=O. The van der Waals surface area contributed by atoms with Gasteiger partial charge in [-0.15, -0.1) is 4.91 Å². The van der Waals surface area contributed by atoms with Gasteiger partial charge in [0.05, 0.1) is 12.0 Å². The lowest BCUT2D eigenvalue weighted by Gasteiger charge is -2.16. The van der Waals surface area contributed by atoms with Crippen LogP contribution in [0.4, 0.5) is 5.69 Å². The maximum Gasteiger partial charge on any atom is 0.272 e. The highest BCUT2D eigenvalue weighted by atomic mass is 16.3. The first-order valence-corrected chi connectivity index (χ1v) is 8.32. The number of imidazole rings is 1. The average molecular weight is 365 g/mol. The van der Waals surface area contributed by atoms with Gasteiger partial charge in [-0.2, -0.15) is 0 Å². The molecule has 0 spiro atoms. The first kappa shape index (κ1) is 18.2. The van der Waals surface area contributed by atoms with E-state index in [9.17, 15) is 14.5 Å². The number of hydrogen-bond acceptors (Lipinski definition) is 5. The topological polar surface area (TPSA) is 124 Å². The first-order valence-electron chi connectivity index (χ1n) is 8.32. The zero-order chi connectivity index (χ0) is 19.6. The van der Waals surface area contributed by atoms with Crippen molar-refractivity contribution < 1.29 is 0 Å². The van der Waals surface area contributed by atoms with E-state index in [1.165, 1.54) is 18.2 Å². The molecule has 2 heterocycles. The number of nitrogens with zero attached hydrogens (tertiary/aromatic N) is 2. The summed E-state index contributed by atoms with van der Waals surface area (Å²) in [5.41, 5.74) is 0.886. The largest absolute Gasteiger partial charge is 0.348 e. The van der Waals surface area contributed by atoms with Crippen molar-refractivity contribution in [1.82, 2.24) is 19.9 Å². The lowest BCUT2D eigenvalue weighted by molar-refractivity contribution is 0.571. The normalized spacial score (nSPS) is 13.1. The van der Waals surface area contributed by atoms with Gasteiger partial charge in [0.2, 0.25) is 0 Å². The number of aromatic amines is 3. The lowest BCUT2D eigenvalue weighted by Crippen LogP contribution is -2.46. The predicted molar refractivity (Wildman–Crippen MR) is 103 cm³/mol. The fourth-order valence-electron chi connectivity index (χ4n) is 2.70. The van der Waals surface area contributed by atoms with Gasteiger partial charge in [-0.3, -0.25) is 9.59 Å². The molecule has 1 aromatic carbocycles.